The monoisotopic (exact) mass is 364 g/mol. The van der Waals surface area contributed by atoms with Gasteiger partial charge in [0.1, 0.15) is 5.82 Å². The average Bonchev–Trinajstić information content (AvgIpc) is 3.07. The summed E-state index contributed by atoms with van der Waals surface area (Å²) in [6, 6.07) is 12.5. The van der Waals surface area contributed by atoms with Crippen LogP contribution in [-0.4, -0.2) is 33.6 Å². The summed E-state index contributed by atoms with van der Waals surface area (Å²) in [4.78, 5) is 4.72. The lowest BCUT2D eigenvalue weighted by Gasteiger charge is -2.12. The second kappa shape index (κ2) is 9.16. The van der Waals surface area contributed by atoms with E-state index in [1.807, 2.05) is 28.8 Å². The van der Waals surface area contributed by atoms with Gasteiger partial charge < -0.3 is 10.6 Å². The van der Waals surface area contributed by atoms with Crippen LogP contribution < -0.4 is 10.6 Å². The van der Waals surface area contributed by atoms with Gasteiger partial charge in [-0.1, -0.05) is 29.8 Å². The van der Waals surface area contributed by atoms with Gasteiger partial charge in [-0.3, -0.25) is 4.40 Å². The maximum atomic E-state index is 4.72. The van der Waals surface area contributed by atoms with Crippen molar-refractivity contribution >= 4 is 11.6 Å². The quantitative estimate of drug-likeness (QED) is 0.384. The summed E-state index contributed by atoms with van der Waals surface area (Å²) in [6.07, 6.45) is 3.84. The highest BCUT2D eigenvalue weighted by molar-refractivity contribution is 5.79. The number of guanidine groups is 1. The highest BCUT2D eigenvalue weighted by atomic mass is 15.2. The van der Waals surface area contributed by atoms with Crippen molar-refractivity contribution in [1.82, 2.24) is 25.2 Å². The molecule has 0 spiro atoms. The summed E-state index contributed by atoms with van der Waals surface area (Å²) < 4.78 is 2.04. The number of fused-ring (bicyclic) bond motifs is 1. The number of nitrogens with zero attached hydrogens (tertiary/aromatic N) is 4. The molecule has 0 aliphatic rings. The largest absolute Gasteiger partial charge is 0.357 e. The number of pyridine rings is 1. The third-order valence-corrected chi connectivity index (χ3v) is 4.50. The van der Waals surface area contributed by atoms with Gasteiger partial charge in [0.2, 0.25) is 0 Å². The molecule has 0 aliphatic heterocycles. The third-order valence-electron chi connectivity index (χ3n) is 4.50. The summed E-state index contributed by atoms with van der Waals surface area (Å²) in [5, 5.41) is 15.2. The van der Waals surface area contributed by atoms with Crippen LogP contribution in [0, 0.1) is 13.8 Å². The Morgan fingerprint density at radius 3 is 2.81 bits per heavy atom. The number of aromatic nitrogens is 3. The maximum absolute atomic E-state index is 4.72. The molecule has 0 saturated carbocycles. The molecule has 142 valence electrons. The van der Waals surface area contributed by atoms with Gasteiger partial charge in [0.05, 0.1) is 6.54 Å². The molecular formula is C21H28N6. The normalized spacial score (nSPS) is 11.7. The highest BCUT2D eigenvalue weighted by Crippen LogP contribution is 2.11. The first kappa shape index (κ1) is 18.9. The zero-order valence-electron chi connectivity index (χ0n) is 16.4. The summed E-state index contributed by atoms with van der Waals surface area (Å²) in [5.74, 6) is 1.84. The molecule has 2 aromatic heterocycles. The van der Waals surface area contributed by atoms with Crippen LogP contribution in [0.1, 0.15) is 35.9 Å². The van der Waals surface area contributed by atoms with Gasteiger partial charge >= 0.3 is 0 Å². The van der Waals surface area contributed by atoms with Crippen molar-refractivity contribution < 1.29 is 0 Å². The van der Waals surface area contributed by atoms with Crippen molar-refractivity contribution in [3.05, 3.63) is 65.1 Å². The van der Waals surface area contributed by atoms with Crippen molar-refractivity contribution in [3.63, 3.8) is 0 Å². The smallest absolute Gasteiger partial charge is 0.191 e. The Kier molecular flexibility index (Phi) is 6.41. The molecule has 1 aromatic carbocycles. The number of aryl methyl sites for hydroxylation is 3. The molecule has 6 heteroatoms. The summed E-state index contributed by atoms with van der Waals surface area (Å²) in [6.45, 7) is 8.69. The van der Waals surface area contributed by atoms with Crippen molar-refractivity contribution in [1.29, 1.82) is 0 Å². The van der Waals surface area contributed by atoms with Crippen LogP contribution in [0.3, 0.4) is 0 Å². The van der Waals surface area contributed by atoms with E-state index in [9.17, 15) is 0 Å². The van der Waals surface area contributed by atoms with Gasteiger partial charge in [0.25, 0.3) is 0 Å². The topological polar surface area (TPSA) is 66.6 Å². The van der Waals surface area contributed by atoms with E-state index in [-0.39, 0.29) is 0 Å². The average molecular weight is 364 g/mol. The van der Waals surface area contributed by atoms with E-state index >= 15 is 0 Å². The predicted molar refractivity (Wildman–Crippen MR) is 110 cm³/mol. The van der Waals surface area contributed by atoms with E-state index in [0.29, 0.717) is 6.54 Å². The van der Waals surface area contributed by atoms with Crippen LogP contribution in [0.5, 0.6) is 0 Å². The van der Waals surface area contributed by atoms with E-state index in [1.165, 1.54) is 16.7 Å². The van der Waals surface area contributed by atoms with Crippen molar-refractivity contribution in [2.24, 2.45) is 4.99 Å². The fourth-order valence-corrected chi connectivity index (χ4v) is 3.04. The minimum Gasteiger partial charge on any atom is -0.357 e. The molecule has 0 fully saturated rings. The standard InChI is InChI=1S/C21H28N6/c1-4-22-21(24-15-18-11-10-16(2)14-17(18)3)23-12-7-9-20-26-25-19-8-5-6-13-27(19)20/h5-6,8,10-11,13-14H,4,7,9,12,15H2,1-3H3,(H2,22,23,24). The van der Waals surface area contributed by atoms with Crippen LogP contribution in [-0.2, 0) is 13.0 Å². The molecule has 0 unspecified atom stereocenters. The number of benzene rings is 1. The van der Waals surface area contributed by atoms with Crippen molar-refractivity contribution in [3.8, 4) is 0 Å². The first-order valence-corrected chi connectivity index (χ1v) is 9.54. The van der Waals surface area contributed by atoms with Crippen molar-refractivity contribution in [2.45, 2.75) is 40.2 Å². The lowest BCUT2D eigenvalue weighted by atomic mass is 10.1. The molecule has 2 heterocycles. The summed E-state index contributed by atoms with van der Waals surface area (Å²) in [7, 11) is 0. The Morgan fingerprint density at radius 1 is 1.11 bits per heavy atom. The van der Waals surface area contributed by atoms with Gasteiger partial charge in [0.15, 0.2) is 11.6 Å². The van der Waals surface area contributed by atoms with Gasteiger partial charge in [0, 0.05) is 25.7 Å². The molecule has 0 radical (unpaired) electrons. The molecule has 27 heavy (non-hydrogen) atoms. The Balaban J connectivity index is 1.53. The fraction of sp³-hybridized carbons (Fsp3) is 0.381. The Morgan fingerprint density at radius 2 is 2.00 bits per heavy atom. The van der Waals surface area contributed by atoms with Crippen LogP contribution in [0.25, 0.3) is 5.65 Å². The van der Waals surface area contributed by atoms with Crippen LogP contribution in [0.4, 0.5) is 0 Å². The molecule has 0 amide bonds. The second-order valence-corrected chi connectivity index (χ2v) is 6.70. The molecule has 3 aromatic rings. The van der Waals surface area contributed by atoms with Gasteiger partial charge in [-0.15, -0.1) is 10.2 Å². The van der Waals surface area contributed by atoms with E-state index in [1.54, 1.807) is 0 Å². The zero-order valence-corrected chi connectivity index (χ0v) is 16.4. The predicted octanol–water partition coefficient (Wildman–Crippen LogP) is 3.03. The fourth-order valence-electron chi connectivity index (χ4n) is 3.04. The van der Waals surface area contributed by atoms with Crippen LogP contribution in [0.15, 0.2) is 47.6 Å². The second-order valence-electron chi connectivity index (χ2n) is 6.70. The van der Waals surface area contributed by atoms with E-state index in [2.05, 4.69) is 59.8 Å². The number of aliphatic imine (C=N–C) groups is 1. The maximum Gasteiger partial charge on any atom is 0.191 e. The molecule has 0 bridgehead atoms. The summed E-state index contributed by atoms with van der Waals surface area (Å²) >= 11 is 0. The lowest BCUT2D eigenvalue weighted by molar-refractivity contribution is 0.715. The van der Waals surface area contributed by atoms with Gasteiger partial charge in [-0.2, -0.15) is 0 Å². The molecule has 6 nitrogen and oxygen atoms in total. The molecule has 2 N–H and O–H groups in total. The van der Waals surface area contributed by atoms with E-state index < -0.39 is 0 Å². The minimum atomic E-state index is 0.677. The van der Waals surface area contributed by atoms with Gasteiger partial charge in [-0.05, 0) is 50.5 Å². The molecule has 0 atom stereocenters. The molecule has 3 rings (SSSR count). The molecular weight excluding hydrogens is 336 g/mol. The van der Waals surface area contributed by atoms with Crippen LogP contribution >= 0.6 is 0 Å². The van der Waals surface area contributed by atoms with Gasteiger partial charge in [-0.25, -0.2) is 4.99 Å². The van der Waals surface area contributed by atoms with E-state index in [4.69, 9.17) is 4.99 Å². The molecule has 0 aliphatic carbocycles. The highest BCUT2D eigenvalue weighted by Gasteiger charge is 2.05. The Labute approximate surface area is 160 Å². The lowest BCUT2D eigenvalue weighted by Crippen LogP contribution is -2.37. The number of hydrogen-bond donors (Lipinski definition) is 2. The Hall–Kier alpha value is -2.89. The van der Waals surface area contributed by atoms with Crippen molar-refractivity contribution in [2.75, 3.05) is 13.1 Å². The molecule has 0 saturated heterocycles. The third kappa shape index (κ3) is 5.06. The number of rotatable bonds is 7. The first-order valence-electron chi connectivity index (χ1n) is 9.54. The van der Waals surface area contributed by atoms with Crippen LogP contribution in [0.2, 0.25) is 0 Å². The van der Waals surface area contributed by atoms with E-state index in [0.717, 1.165) is 43.4 Å². The number of nitrogens with one attached hydrogen (secondary N) is 2. The first-order chi connectivity index (χ1) is 13.2. The number of hydrogen-bond acceptors (Lipinski definition) is 3. The zero-order chi connectivity index (χ0) is 19.1. The SMILES string of the molecule is CCNC(=NCc1ccc(C)cc1C)NCCCc1nnc2ccccn12. The summed E-state index contributed by atoms with van der Waals surface area (Å²) in [5.41, 5.74) is 4.72. The minimum absolute atomic E-state index is 0.677. The Bertz CT molecular complexity index is 912.